The van der Waals surface area contributed by atoms with Gasteiger partial charge in [-0.15, -0.1) is 11.6 Å². The van der Waals surface area contributed by atoms with E-state index >= 15 is 0 Å². The Morgan fingerprint density at radius 3 is 2.88 bits per heavy atom. The van der Waals surface area contributed by atoms with E-state index in [9.17, 15) is 0 Å². The van der Waals surface area contributed by atoms with E-state index in [0.717, 1.165) is 25.3 Å². The summed E-state index contributed by atoms with van der Waals surface area (Å²) < 4.78 is 1.97. The molecule has 4 heteroatoms. The fourth-order valence-corrected chi connectivity index (χ4v) is 2.59. The summed E-state index contributed by atoms with van der Waals surface area (Å²) in [5, 5.41) is 4.66. The minimum Gasteiger partial charge on any atom is -0.296 e. The molecule has 1 saturated heterocycles. The molecule has 1 aromatic heterocycles. The van der Waals surface area contributed by atoms with Gasteiger partial charge in [-0.2, -0.15) is 5.10 Å². The van der Waals surface area contributed by atoms with Crippen LogP contribution in [0.15, 0.2) is 6.07 Å². The Balaban J connectivity index is 1.98. The number of hydrogen-bond donors (Lipinski definition) is 0. The summed E-state index contributed by atoms with van der Waals surface area (Å²) in [6.45, 7) is 7.38. The minimum absolute atomic E-state index is 0.295. The fraction of sp³-hybridized carbons (Fsp3) is 0.750. The molecule has 90 valence electrons. The summed E-state index contributed by atoms with van der Waals surface area (Å²) in [5.41, 5.74) is 2.36. The van der Waals surface area contributed by atoms with Crippen LogP contribution in [0.4, 0.5) is 0 Å². The van der Waals surface area contributed by atoms with Crippen LogP contribution in [0.1, 0.15) is 24.7 Å². The number of aryl methyl sites for hydroxylation is 2. The highest BCUT2D eigenvalue weighted by atomic mass is 35.5. The Labute approximate surface area is 102 Å². The number of alkyl halides is 1. The van der Waals surface area contributed by atoms with Crippen molar-refractivity contribution in [2.45, 2.75) is 32.2 Å². The van der Waals surface area contributed by atoms with E-state index in [1.165, 1.54) is 12.1 Å². The summed E-state index contributed by atoms with van der Waals surface area (Å²) in [5.74, 6) is 0.645. The van der Waals surface area contributed by atoms with Gasteiger partial charge in [0.1, 0.15) is 0 Å². The van der Waals surface area contributed by atoms with E-state index in [0.29, 0.717) is 11.3 Å². The molecule has 0 aliphatic carbocycles. The number of hydrogen-bond acceptors (Lipinski definition) is 2. The molecule has 3 nitrogen and oxygen atoms in total. The quantitative estimate of drug-likeness (QED) is 0.740. The van der Waals surface area contributed by atoms with E-state index in [1.54, 1.807) is 0 Å². The average Bonchev–Trinajstić information content (AvgIpc) is 2.51. The van der Waals surface area contributed by atoms with Crippen LogP contribution in [0.3, 0.4) is 0 Å². The Bertz CT molecular complexity index is 361. The topological polar surface area (TPSA) is 21.1 Å². The Kier molecular flexibility index (Phi) is 3.55. The molecule has 1 fully saturated rings. The van der Waals surface area contributed by atoms with Gasteiger partial charge in [-0.05, 0) is 31.9 Å². The maximum absolute atomic E-state index is 6.31. The van der Waals surface area contributed by atoms with E-state index in [1.807, 2.05) is 18.7 Å². The summed E-state index contributed by atoms with van der Waals surface area (Å²) in [6, 6.07) is 2.15. The number of aromatic nitrogens is 2. The first-order valence-corrected chi connectivity index (χ1v) is 6.36. The minimum atomic E-state index is 0.295. The molecule has 2 heterocycles. The van der Waals surface area contributed by atoms with Gasteiger partial charge in [0.15, 0.2) is 0 Å². The molecule has 0 N–H and O–H groups in total. The standard InChI is InChI=1S/C12H20ClN3/c1-9-4-5-16(8-12(9)13)7-11-6-10(2)14-15(11)3/h6,9,12H,4-5,7-8H2,1-3H3. The fourth-order valence-electron chi connectivity index (χ4n) is 2.27. The molecule has 0 amide bonds. The monoisotopic (exact) mass is 241 g/mol. The third kappa shape index (κ3) is 2.58. The van der Waals surface area contributed by atoms with Crippen molar-refractivity contribution in [3.8, 4) is 0 Å². The molecule has 1 aliphatic heterocycles. The number of halogens is 1. The smallest absolute Gasteiger partial charge is 0.0597 e. The summed E-state index contributed by atoms with van der Waals surface area (Å²) in [6.07, 6.45) is 1.20. The first-order valence-electron chi connectivity index (χ1n) is 5.92. The summed E-state index contributed by atoms with van der Waals surface area (Å²) >= 11 is 6.31. The number of likely N-dealkylation sites (tertiary alicyclic amines) is 1. The van der Waals surface area contributed by atoms with Crippen molar-refractivity contribution >= 4 is 11.6 Å². The molecular formula is C12H20ClN3. The molecule has 0 saturated carbocycles. The van der Waals surface area contributed by atoms with Gasteiger partial charge in [-0.25, -0.2) is 0 Å². The van der Waals surface area contributed by atoms with Crippen molar-refractivity contribution in [1.29, 1.82) is 0 Å². The van der Waals surface area contributed by atoms with Crippen molar-refractivity contribution in [2.75, 3.05) is 13.1 Å². The first-order chi connectivity index (χ1) is 7.56. The van der Waals surface area contributed by atoms with Crippen LogP contribution in [0, 0.1) is 12.8 Å². The van der Waals surface area contributed by atoms with E-state index in [-0.39, 0.29) is 0 Å². The Morgan fingerprint density at radius 2 is 2.31 bits per heavy atom. The average molecular weight is 242 g/mol. The Hall–Kier alpha value is -0.540. The molecule has 0 radical (unpaired) electrons. The SMILES string of the molecule is Cc1cc(CN2CCC(C)C(Cl)C2)n(C)n1. The van der Waals surface area contributed by atoms with Crippen molar-refractivity contribution in [1.82, 2.24) is 14.7 Å². The molecule has 1 aliphatic rings. The van der Waals surface area contributed by atoms with E-state index in [2.05, 4.69) is 23.0 Å². The van der Waals surface area contributed by atoms with Crippen molar-refractivity contribution in [3.63, 3.8) is 0 Å². The van der Waals surface area contributed by atoms with Gasteiger partial charge in [0.05, 0.1) is 11.4 Å². The lowest BCUT2D eigenvalue weighted by atomic mass is 9.98. The zero-order valence-electron chi connectivity index (χ0n) is 10.3. The Morgan fingerprint density at radius 1 is 1.56 bits per heavy atom. The van der Waals surface area contributed by atoms with Gasteiger partial charge in [-0.3, -0.25) is 9.58 Å². The van der Waals surface area contributed by atoms with Gasteiger partial charge >= 0.3 is 0 Å². The van der Waals surface area contributed by atoms with Crippen LogP contribution in [-0.2, 0) is 13.6 Å². The van der Waals surface area contributed by atoms with Gasteiger partial charge in [0.2, 0.25) is 0 Å². The van der Waals surface area contributed by atoms with Crippen LogP contribution in [0.5, 0.6) is 0 Å². The van der Waals surface area contributed by atoms with Crippen LogP contribution in [-0.4, -0.2) is 33.1 Å². The molecule has 2 rings (SSSR count). The zero-order valence-corrected chi connectivity index (χ0v) is 11.0. The van der Waals surface area contributed by atoms with Crippen molar-refractivity contribution in [2.24, 2.45) is 13.0 Å². The van der Waals surface area contributed by atoms with E-state index < -0.39 is 0 Å². The van der Waals surface area contributed by atoms with Crippen LogP contribution in [0.2, 0.25) is 0 Å². The lowest BCUT2D eigenvalue weighted by Gasteiger charge is -2.33. The maximum atomic E-state index is 6.31. The lowest BCUT2D eigenvalue weighted by molar-refractivity contribution is 0.185. The molecule has 0 aromatic carbocycles. The molecule has 2 atom stereocenters. The number of piperidine rings is 1. The molecular weight excluding hydrogens is 222 g/mol. The highest BCUT2D eigenvalue weighted by Crippen LogP contribution is 2.22. The van der Waals surface area contributed by atoms with Gasteiger partial charge < -0.3 is 0 Å². The second-order valence-electron chi connectivity index (χ2n) is 4.92. The lowest BCUT2D eigenvalue weighted by Crippen LogP contribution is -2.40. The summed E-state index contributed by atoms with van der Waals surface area (Å²) in [4.78, 5) is 2.42. The van der Waals surface area contributed by atoms with Crippen LogP contribution in [0.25, 0.3) is 0 Å². The van der Waals surface area contributed by atoms with E-state index in [4.69, 9.17) is 11.6 Å². The number of rotatable bonds is 2. The molecule has 0 spiro atoms. The third-order valence-corrected chi connectivity index (χ3v) is 4.00. The molecule has 1 aromatic rings. The maximum Gasteiger partial charge on any atom is 0.0597 e. The summed E-state index contributed by atoms with van der Waals surface area (Å²) in [7, 11) is 2.01. The highest BCUT2D eigenvalue weighted by Gasteiger charge is 2.24. The normalized spacial score (nSPS) is 27.2. The second kappa shape index (κ2) is 4.76. The van der Waals surface area contributed by atoms with Crippen LogP contribution >= 0.6 is 11.6 Å². The largest absolute Gasteiger partial charge is 0.296 e. The number of nitrogens with zero attached hydrogens (tertiary/aromatic N) is 3. The van der Waals surface area contributed by atoms with Gasteiger partial charge in [-0.1, -0.05) is 6.92 Å². The molecule has 16 heavy (non-hydrogen) atoms. The molecule has 2 unspecified atom stereocenters. The zero-order chi connectivity index (χ0) is 11.7. The van der Waals surface area contributed by atoms with Gasteiger partial charge in [0.25, 0.3) is 0 Å². The first kappa shape index (κ1) is 11.9. The highest BCUT2D eigenvalue weighted by molar-refractivity contribution is 6.21. The second-order valence-corrected chi connectivity index (χ2v) is 5.48. The van der Waals surface area contributed by atoms with Crippen molar-refractivity contribution < 1.29 is 0 Å². The van der Waals surface area contributed by atoms with Crippen LogP contribution < -0.4 is 0 Å². The third-order valence-electron chi connectivity index (χ3n) is 3.44. The molecule has 0 bridgehead atoms. The predicted octanol–water partition coefficient (Wildman–Crippen LogP) is 2.18. The van der Waals surface area contributed by atoms with Gasteiger partial charge in [0, 0.05) is 25.5 Å². The van der Waals surface area contributed by atoms with Crippen molar-refractivity contribution in [3.05, 3.63) is 17.5 Å². The predicted molar refractivity (Wildman–Crippen MR) is 66.6 cm³/mol.